The number of unbranched alkanes of at least 4 members (excludes halogenated alkanes) is 28. The Bertz CT molecular complexity index is 1090. The van der Waals surface area contributed by atoms with Crippen LogP contribution in [0.2, 0.25) is 0 Å². The number of hydrogen-bond acceptors (Lipinski definition) is 5. The number of rotatable bonds is 46. The molecule has 6 nitrogen and oxygen atoms in total. The Morgan fingerprint density at radius 2 is 0.869 bits per heavy atom. The van der Waals surface area contributed by atoms with Gasteiger partial charge in [0.15, 0.2) is 0 Å². The van der Waals surface area contributed by atoms with Gasteiger partial charge in [0.25, 0.3) is 0 Å². The molecule has 0 spiro atoms. The molecule has 0 saturated heterocycles. The van der Waals surface area contributed by atoms with Crippen molar-refractivity contribution in [2.75, 3.05) is 6.61 Å². The minimum atomic E-state index is -0.791. The van der Waals surface area contributed by atoms with E-state index in [0.29, 0.717) is 19.3 Å². The zero-order valence-corrected chi connectivity index (χ0v) is 40.3. The first-order chi connectivity index (χ1) is 30.0. The molecule has 0 heterocycles. The quantitative estimate of drug-likeness (QED) is 0.0322. The number of esters is 1. The molecule has 3 N–H and O–H groups in total. The molecule has 61 heavy (non-hydrogen) atoms. The third-order valence-corrected chi connectivity index (χ3v) is 11.7. The largest absolute Gasteiger partial charge is 0.462 e. The number of carbonyl (C=O) groups excluding carboxylic acids is 2. The summed E-state index contributed by atoms with van der Waals surface area (Å²) in [6.45, 7) is 6.39. The number of ether oxygens (including phenoxy) is 1. The number of hydrogen-bond donors (Lipinski definition) is 3. The van der Waals surface area contributed by atoms with Crippen LogP contribution in [0.25, 0.3) is 0 Å². The highest BCUT2D eigenvalue weighted by molar-refractivity contribution is 5.77. The maximum absolute atomic E-state index is 13.2. The van der Waals surface area contributed by atoms with E-state index in [2.05, 4.69) is 62.5 Å². The van der Waals surface area contributed by atoms with Gasteiger partial charge in [0.05, 0.1) is 25.2 Å². The SMILES string of the molecule is CCC/C=C/C=C/C=C/C=C/C=C/CCCCCCCC(=O)OC(CCCCCCCCCCCCCCCC)CC(=O)NC(CO)C(O)CCCCCCCCCCCC. The van der Waals surface area contributed by atoms with E-state index in [0.717, 1.165) is 77.0 Å². The van der Waals surface area contributed by atoms with Crippen LogP contribution in [-0.2, 0) is 14.3 Å². The first-order valence-corrected chi connectivity index (χ1v) is 26.1. The Morgan fingerprint density at radius 1 is 0.475 bits per heavy atom. The van der Waals surface area contributed by atoms with E-state index >= 15 is 0 Å². The molecule has 0 aromatic heterocycles. The van der Waals surface area contributed by atoms with Crippen molar-refractivity contribution in [3.8, 4) is 0 Å². The molecule has 3 atom stereocenters. The van der Waals surface area contributed by atoms with Gasteiger partial charge in [-0.05, 0) is 44.9 Å². The maximum atomic E-state index is 13.2. The number of nitrogens with one attached hydrogen (secondary N) is 1. The zero-order valence-electron chi connectivity index (χ0n) is 40.3. The molecule has 0 saturated carbocycles. The van der Waals surface area contributed by atoms with Crippen molar-refractivity contribution in [3.05, 3.63) is 60.8 Å². The summed E-state index contributed by atoms with van der Waals surface area (Å²) in [4.78, 5) is 26.1. The molecular formula is C55H99NO5. The Morgan fingerprint density at radius 3 is 1.33 bits per heavy atom. The van der Waals surface area contributed by atoms with E-state index in [-0.39, 0.29) is 24.9 Å². The van der Waals surface area contributed by atoms with Gasteiger partial charge in [0, 0.05) is 6.42 Å². The van der Waals surface area contributed by atoms with Gasteiger partial charge in [0.2, 0.25) is 5.91 Å². The molecule has 0 aromatic rings. The predicted molar refractivity (Wildman–Crippen MR) is 264 cm³/mol. The van der Waals surface area contributed by atoms with Gasteiger partial charge in [-0.1, -0.05) is 255 Å². The van der Waals surface area contributed by atoms with Gasteiger partial charge in [-0.15, -0.1) is 0 Å². The van der Waals surface area contributed by atoms with Gasteiger partial charge in [-0.2, -0.15) is 0 Å². The Hall–Kier alpha value is -2.44. The summed E-state index contributed by atoms with van der Waals surface area (Å²) in [7, 11) is 0. The average Bonchev–Trinajstić information content (AvgIpc) is 3.25. The van der Waals surface area contributed by atoms with E-state index in [1.807, 2.05) is 24.3 Å². The summed E-state index contributed by atoms with van der Waals surface area (Å²) in [5.41, 5.74) is 0. The van der Waals surface area contributed by atoms with Crippen LogP contribution in [-0.4, -0.2) is 46.9 Å². The van der Waals surface area contributed by atoms with Crippen molar-refractivity contribution >= 4 is 11.9 Å². The first-order valence-electron chi connectivity index (χ1n) is 26.1. The number of aliphatic hydroxyl groups is 2. The number of allylic oxidation sites excluding steroid dienone is 10. The lowest BCUT2D eigenvalue weighted by atomic mass is 10.0. The van der Waals surface area contributed by atoms with Crippen LogP contribution < -0.4 is 5.32 Å². The molecule has 3 unspecified atom stereocenters. The Balaban J connectivity index is 4.62. The Labute approximate surface area is 378 Å². The lowest BCUT2D eigenvalue weighted by Crippen LogP contribution is -2.46. The summed E-state index contributed by atoms with van der Waals surface area (Å²) in [5, 5.41) is 23.7. The van der Waals surface area contributed by atoms with E-state index < -0.39 is 18.2 Å². The van der Waals surface area contributed by atoms with Gasteiger partial charge in [-0.25, -0.2) is 0 Å². The zero-order chi connectivity index (χ0) is 44.5. The van der Waals surface area contributed by atoms with E-state index in [4.69, 9.17) is 4.74 Å². The highest BCUT2D eigenvalue weighted by Gasteiger charge is 2.24. The second-order valence-electron chi connectivity index (χ2n) is 17.7. The summed E-state index contributed by atoms with van der Waals surface area (Å²) in [6, 6.07) is -0.706. The third-order valence-electron chi connectivity index (χ3n) is 11.7. The van der Waals surface area contributed by atoms with Crippen molar-refractivity contribution in [2.45, 2.75) is 270 Å². The van der Waals surface area contributed by atoms with Crippen LogP contribution >= 0.6 is 0 Å². The fraction of sp³-hybridized carbons (Fsp3) is 0.782. The second kappa shape index (κ2) is 48.6. The van der Waals surface area contributed by atoms with Crippen LogP contribution in [0, 0.1) is 0 Å². The average molecular weight is 854 g/mol. The van der Waals surface area contributed by atoms with Crippen molar-refractivity contribution in [1.82, 2.24) is 5.32 Å². The minimum Gasteiger partial charge on any atom is -0.462 e. The second-order valence-corrected chi connectivity index (χ2v) is 17.7. The molecule has 6 heteroatoms. The van der Waals surface area contributed by atoms with Crippen LogP contribution in [0.3, 0.4) is 0 Å². The van der Waals surface area contributed by atoms with E-state index in [9.17, 15) is 19.8 Å². The van der Waals surface area contributed by atoms with Crippen LogP contribution in [0.1, 0.15) is 252 Å². The van der Waals surface area contributed by atoms with E-state index in [1.54, 1.807) is 0 Å². The van der Waals surface area contributed by atoms with Crippen LogP contribution in [0.5, 0.6) is 0 Å². The molecule has 0 radical (unpaired) electrons. The van der Waals surface area contributed by atoms with Gasteiger partial charge in [-0.3, -0.25) is 9.59 Å². The number of aliphatic hydroxyl groups excluding tert-OH is 2. The standard InChI is InChI=1S/C55H99NO5/c1-4-7-10-13-16-19-22-24-26-27-28-29-31-33-36-39-42-45-48-55(60)61-51(46-43-40-37-34-32-30-25-23-20-17-14-11-8-5-2)49-54(59)56-52(50-57)53(58)47-44-41-38-35-21-18-15-12-9-6-3/h10,13,16,19,22,24,26-29,51-53,57-58H,4-9,11-12,14-15,17-18,20-21,23,25,30-50H2,1-3H3,(H,56,59)/b13-10+,19-16+,24-22+,27-26+,29-28+. The summed E-state index contributed by atoms with van der Waals surface area (Å²) in [6.07, 6.45) is 59.9. The normalized spacial score (nSPS) is 13.7. The van der Waals surface area contributed by atoms with Crippen molar-refractivity contribution < 1.29 is 24.5 Å². The highest BCUT2D eigenvalue weighted by Crippen LogP contribution is 2.18. The molecule has 0 fully saturated rings. The number of carbonyl (C=O) groups is 2. The van der Waals surface area contributed by atoms with E-state index in [1.165, 1.54) is 128 Å². The molecular weight excluding hydrogens is 755 g/mol. The molecule has 0 aromatic carbocycles. The molecule has 0 rings (SSSR count). The monoisotopic (exact) mass is 854 g/mol. The Kier molecular flexibility index (Phi) is 46.6. The smallest absolute Gasteiger partial charge is 0.306 e. The molecule has 0 aliphatic rings. The van der Waals surface area contributed by atoms with Crippen molar-refractivity contribution in [3.63, 3.8) is 0 Å². The molecule has 1 amide bonds. The van der Waals surface area contributed by atoms with Crippen molar-refractivity contribution in [2.24, 2.45) is 0 Å². The molecule has 0 aliphatic carbocycles. The van der Waals surface area contributed by atoms with Gasteiger partial charge < -0.3 is 20.3 Å². The van der Waals surface area contributed by atoms with Crippen LogP contribution in [0.4, 0.5) is 0 Å². The van der Waals surface area contributed by atoms with Gasteiger partial charge >= 0.3 is 5.97 Å². The first kappa shape index (κ1) is 58.6. The molecule has 0 aliphatic heterocycles. The summed E-state index contributed by atoms with van der Waals surface area (Å²) >= 11 is 0. The lowest BCUT2D eigenvalue weighted by Gasteiger charge is -2.24. The lowest BCUT2D eigenvalue weighted by molar-refractivity contribution is -0.151. The predicted octanol–water partition coefficient (Wildman–Crippen LogP) is 15.6. The minimum absolute atomic E-state index is 0.0679. The molecule has 0 bridgehead atoms. The fourth-order valence-corrected chi connectivity index (χ4v) is 7.76. The maximum Gasteiger partial charge on any atom is 0.306 e. The van der Waals surface area contributed by atoms with Gasteiger partial charge in [0.1, 0.15) is 6.10 Å². The summed E-state index contributed by atoms with van der Waals surface area (Å²) in [5.74, 6) is -0.497. The summed E-state index contributed by atoms with van der Waals surface area (Å²) < 4.78 is 5.93. The third kappa shape index (κ3) is 44.0. The number of amides is 1. The van der Waals surface area contributed by atoms with Crippen molar-refractivity contribution in [1.29, 1.82) is 0 Å². The highest BCUT2D eigenvalue weighted by atomic mass is 16.5. The topological polar surface area (TPSA) is 95.9 Å². The van der Waals surface area contributed by atoms with Crippen LogP contribution in [0.15, 0.2) is 60.8 Å². The molecule has 354 valence electrons. The fourth-order valence-electron chi connectivity index (χ4n) is 7.76.